The van der Waals surface area contributed by atoms with Crippen molar-refractivity contribution in [2.45, 2.75) is 33.0 Å². The predicted octanol–water partition coefficient (Wildman–Crippen LogP) is 0.632. The fourth-order valence-corrected chi connectivity index (χ4v) is 2.43. The van der Waals surface area contributed by atoms with E-state index in [1.807, 2.05) is 6.92 Å². The summed E-state index contributed by atoms with van der Waals surface area (Å²) in [6, 6.07) is 2.17. The molecule has 0 aromatic carbocycles. The fraction of sp³-hybridized carbons (Fsp3) is 0.769. The minimum Gasteiger partial charge on any atom is -0.374 e. The standard InChI is InChI=1S/C13H24N4O/c1-4-17-12(7-11(2)15-17)9-16(3)10-13-8-14-5-6-18-13/h7,13-14H,4-6,8-10H2,1-3H3. The molecule has 1 aliphatic rings. The van der Waals surface area contributed by atoms with Gasteiger partial charge in [-0.25, -0.2) is 0 Å². The average Bonchev–Trinajstić information content (AvgIpc) is 2.70. The van der Waals surface area contributed by atoms with E-state index in [1.54, 1.807) is 0 Å². The Kier molecular flexibility index (Phi) is 4.74. The first-order valence-electron chi connectivity index (χ1n) is 6.73. The van der Waals surface area contributed by atoms with Crippen LogP contribution in [0.1, 0.15) is 18.3 Å². The lowest BCUT2D eigenvalue weighted by Crippen LogP contribution is -2.44. The number of rotatable bonds is 5. The third-order valence-corrected chi connectivity index (χ3v) is 3.24. The third-order valence-electron chi connectivity index (χ3n) is 3.24. The summed E-state index contributed by atoms with van der Waals surface area (Å²) in [5.74, 6) is 0. The second-order valence-electron chi connectivity index (χ2n) is 4.99. The van der Waals surface area contributed by atoms with Crippen molar-refractivity contribution in [3.05, 3.63) is 17.5 Å². The monoisotopic (exact) mass is 252 g/mol. The molecule has 102 valence electrons. The second kappa shape index (κ2) is 6.31. The molecular formula is C13H24N4O. The number of hydrogen-bond donors (Lipinski definition) is 1. The molecule has 0 bridgehead atoms. The van der Waals surface area contributed by atoms with Crippen molar-refractivity contribution < 1.29 is 4.74 Å². The first-order valence-corrected chi connectivity index (χ1v) is 6.73. The van der Waals surface area contributed by atoms with Crippen LogP contribution in [0.3, 0.4) is 0 Å². The summed E-state index contributed by atoms with van der Waals surface area (Å²) in [6.45, 7) is 9.74. The number of morpholine rings is 1. The lowest BCUT2D eigenvalue weighted by Gasteiger charge is -2.28. The molecule has 1 aliphatic heterocycles. The number of nitrogens with zero attached hydrogens (tertiary/aromatic N) is 3. The maximum atomic E-state index is 5.72. The number of aromatic nitrogens is 2. The summed E-state index contributed by atoms with van der Waals surface area (Å²) in [7, 11) is 2.14. The Hall–Kier alpha value is -0.910. The van der Waals surface area contributed by atoms with Gasteiger partial charge in [-0.3, -0.25) is 9.58 Å². The quantitative estimate of drug-likeness (QED) is 0.835. The maximum absolute atomic E-state index is 5.72. The normalized spacial score (nSPS) is 20.6. The highest BCUT2D eigenvalue weighted by molar-refractivity contribution is 5.08. The molecule has 2 rings (SSSR count). The zero-order chi connectivity index (χ0) is 13.0. The predicted molar refractivity (Wildman–Crippen MR) is 71.6 cm³/mol. The van der Waals surface area contributed by atoms with Crippen molar-refractivity contribution in [3.8, 4) is 0 Å². The lowest BCUT2D eigenvalue weighted by molar-refractivity contribution is 0.00849. The highest BCUT2D eigenvalue weighted by Crippen LogP contribution is 2.08. The molecule has 1 atom stereocenters. The van der Waals surface area contributed by atoms with Crippen LogP contribution in [0.4, 0.5) is 0 Å². The molecule has 0 spiro atoms. The van der Waals surface area contributed by atoms with E-state index in [1.165, 1.54) is 5.69 Å². The van der Waals surface area contributed by atoms with Gasteiger partial charge >= 0.3 is 0 Å². The summed E-state index contributed by atoms with van der Waals surface area (Å²) in [5.41, 5.74) is 2.37. The van der Waals surface area contributed by atoms with Crippen LogP contribution in [0, 0.1) is 6.92 Å². The average molecular weight is 252 g/mol. The highest BCUT2D eigenvalue weighted by atomic mass is 16.5. The van der Waals surface area contributed by atoms with Gasteiger partial charge in [0.05, 0.1) is 24.1 Å². The van der Waals surface area contributed by atoms with Gasteiger partial charge in [-0.05, 0) is 27.0 Å². The minimum absolute atomic E-state index is 0.308. The number of ether oxygens (including phenoxy) is 1. The number of hydrogen-bond acceptors (Lipinski definition) is 4. The van der Waals surface area contributed by atoms with Gasteiger partial charge in [0.2, 0.25) is 0 Å². The SMILES string of the molecule is CCn1nc(C)cc1CN(C)CC1CNCCO1. The van der Waals surface area contributed by atoms with Crippen LogP contribution in [0.15, 0.2) is 6.07 Å². The molecule has 2 heterocycles. The molecule has 0 aliphatic carbocycles. The van der Waals surface area contributed by atoms with Crippen molar-refractivity contribution in [2.24, 2.45) is 0 Å². The minimum atomic E-state index is 0.308. The van der Waals surface area contributed by atoms with Gasteiger partial charge in [-0.2, -0.15) is 5.10 Å². The van der Waals surface area contributed by atoms with Crippen molar-refractivity contribution in [1.82, 2.24) is 20.0 Å². The first-order chi connectivity index (χ1) is 8.69. The van der Waals surface area contributed by atoms with E-state index in [0.717, 1.165) is 45.0 Å². The molecule has 1 N–H and O–H groups in total. The molecule has 5 heteroatoms. The molecule has 0 saturated carbocycles. The van der Waals surface area contributed by atoms with Crippen LogP contribution >= 0.6 is 0 Å². The number of aryl methyl sites for hydroxylation is 2. The number of nitrogens with one attached hydrogen (secondary N) is 1. The van der Waals surface area contributed by atoms with Crippen LogP contribution in [0.5, 0.6) is 0 Å². The van der Waals surface area contributed by atoms with E-state index in [0.29, 0.717) is 6.10 Å². The zero-order valence-electron chi connectivity index (χ0n) is 11.6. The van der Waals surface area contributed by atoms with Crippen LogP contribution in [-0.4, -0.2) is 54.1 Å². The Morgan fingerprint density at radius 3 is 3.11 bits per heavy atom. The molecule has 0 radical (unpaired) electrons. The van der Waals surface area contributed by atoms with Gasteiger partial charge in [0.15, 0.2) is 0 Å². The van der Waals surface area contributed by atoms with Crippen molar-refractivity contribution in [2.75, 3.05) is 33.3 Å². The Bertz CT molecular complexity index is 371. The molecule has 1 aromatic rings. The molecule has 1 fully saturated rings. The molecule has 5 nitrogen and oxygen atoms in total. The van der Waals surface area contributed by atoms with E-state index < -0.39 is 0 Å². The summed E-state index contributed by atoms with van der Waals surface area (Å²) in [6.07, 6.45) is 0.308. The lowest BCUT2D eigenvalue weighted by atomic mass is 10.2. The molecule has 0 amide bonds. The van der Waals surface area contributed by atoms with E-state index >= 15 is 0 Å². The third kappa shape index (κ3) is 3.54. The summed E-state index contributed by atoms with van der Waals surface area (Å²) in [4.78, 5) is 2.31. The van der Waals surface area contributed by atoms with Crippen LogP contribution in [-0.2, 0) is 17.8 Å². The Balaban J connectivity index is 1.87. The van der Waals surface area contributed by atoms with Crippen LogP contribution in [0.25, 0.3) is 0 Å². The van der Waals surface area contributed by atoms with E-state index in [-0.39, 0.29) is 0 Å². The smallest absolute Gasteiger partial charge is 0.0826 e. The Labute approximate surface area is 109 Å². The molecule has 1 aromatic heterocycles. The van der Waals surface area contributed by atoms with Gasteiger partial charge in [-0.15, -0.1) is 0 Å². The van der Waals surface area contributed by atoms with Gasteiger partial charge in [0.1, 0.15) is 0 Å². The summed E-state index contributed by atoms with van der Waals surface area (Å²) in [5, 5.41) is 7.84. The molecule has 1 saturated heterocycles. The van der Waals surface area contributed by atoms with E-state index in [2.05, 4.69) is 40.0 Å². The van der Waals surface area contributed by atoms with E-state index in [9.17, 15) is 0 Å². The topological polar surface area (TPSA) is 42.3 Å². The van der Waals surface area contributed by atoms with Crippen molar-refractivity contribution >= 4 is 0 Å². The van der Waals surface area contributed by atoms with Crippen molar-refractivity contribution in [1.29, 1.82) is 0 Å². The highest BCUT2D eigenvalue weighted by Gasteiger charge is 2.16. The largest absolute Gasteiger partial charge is 0.374 e. The van der Waals surface area contributed by atoms with E-state index in [4.69, 9.17) is 4.74 Å². The van der Waals surface area contributed by atoms with Gasteiger partial charge in [0, 0.05) is 32.7 Å². The van der Waals surface area contributed by atoms with Gasteiger partial charge in [0.25, 0.3) is 0 Å². The fourth-order valence-electron chi connectivity index (χ4n) is 2.43. The number of likely N-dealkylation sites (N-methyl/N-ethyl adjacent to an activating group) is 1. The van der Waals surface area contributed by atoms with Crippen LogP contribution in [0.2, 0.25) is 0 Å². The van der Waals surface area contributed by atoms with Crippen molar-refractivity contribution in [3.63, 3.8) is 0 Å². The summed E-state index contributed by atoms with van der Waals surface area (Å²) < 4.78 is 7.80. The zero-order valence-corrected chi connectivity index (χ0v) is 11.6. The second-order valence-corrected chi connectivity index (χ2v) is 4.99. The Morgan fingerprint density at radius 2 is 2.44 bits per heavy atom. The molecular weight excluding hydrogens is 228 g/mol. The van der Waals surface area contributed by atoms with Crippen LogP contribution < -0.4 is 5.32 Å². The maximum Gasteiger partial charge on any atom is 0.0826 e. The molecule has 1 unspecified atom stereocenters. The first kappa shape index (κ1) is 13.5. The summed E-state index contributed by atoms with van der Waals surface area (Å²) >= 11 is 0. The Morgan fingerprint density at radius 1 is 1.61 bits per heavy atom. The van der Waals surface area contributed by atoms with Gasteiger partial charge in [-0.1, -0.05) is 0 Å². The van der Waals surface area contributed by atoms with Gasteiger partial charge < -0.3 is 10.1 Å². The molecule has 18 heavy (non-hydrogen) atoms.